The normalized spacial score (nSPS) is 16.4. The van der Waals surface area contributed by atoms with Gasteiger partial charge in [-0.2, -0.15) is 0 Å². The fourth-order valence-corrected chi connectivity index (χ4v) is 2.10. The van der Waals surface area contributed by atoms with Crippen LogP contribution in [0, 0.1) is 0 Å². The lowest BCUT2D eigenvalue weighted by Gasteiger charge is -2.26. The van der Waals surface area contributed by atoms with Crippen molar-refractivity contribution < 1.29 is 4.74 Å². The number of rotatable bonds is 3. The van der Waals surface area contributed by atoms with Crippen LogP contribution in [0.5, 0.6) is 5.75 Å². The third-order valence-electron chi connectivity index (χ3n) is 3.15. The van der Waals surface area contributed by atoms with E-state index in [0.717, 1.165) is 5.75 Å². The maximum absolute atomic E-state index is 5.99. The molecule has 1 aromatic heterocycles. The lowest BCUT2D eigenvalue weighted by molar-refractivity contribution is 0.296. The summed E-state index contributed by atoms with van der Waals surface area (Å²) in [6, 6.07) is 0. The van der Waals surface area contributed by atoms with Gasteiger partial charge in [0.2, 0.25) is 0 Å². The van der Waals surface area contributed by atoms with Gasteiger partial charge in [0.25, 0.3) is 0 Å². The largest absolute Gasteiger partial charge is 0.489 e. The molecule has 2 rings (SSSR count). The molecule has 1 aromatic rings. The van der Waals surface area contributed by atoms with E-state index in [0.29, 0.717) is 12.0 Å². The minimum Gasteiger partial charge on any atom is -0.489 e. The molecule has 0 atom stereocenters. The van der Waals surface area contributed by atoms with Crippen molar-refractivity contribution in [3.05, 3.63) is 23.5 Å². The fraction of sp³-hybridized carbons (Fsp3) is 0.667. The number of hydrogen-bond acceptors (Lipinski definition) is 2. The second-order valence-electron chi connectivity index (χ2n) is 6.32. The van der Waals surface area contributed by atoms with Crippen molar-refractivity contribution in [3.63, 3.8) is 0 Å². The van der Waals surface area contributed by atoms with E-state index in [1.54, 1.807) is 0 Å². The average molecular weight is 233 g/mol. The second kappa shape index (κ2) is 4.32. The van der Waals surface area contributed by atoms with Crippen molar-refractivity contribution in [1.29, 1.82) is 0 Å². The van der Waals surface area contributed by atoms with Crippen LogP contribution in [0.2, 0.25) is 0 Å². The molecule has 1 aliphatic carbocycles. The average Bonchev–Trinajstić information content (AvgIpc) is 2.99. The molecule has 0 unspecified atom stereocenters. The highest BCUT2D eigenvalue weighted by molar-refractivity contribution is 5.43. The maximum Gasteiger partial charge on any atom is 0.141 e. The zero-order valence-electron chi connectivity index (χ0n) is 11.6. The second-order valence-corrected chi connectivity index (χ2v) is 6.32. The Hall–Kier alpha value is -1.05. The minimum absolute atomic E-state index is 0.121. The lowest BCUT2D eigenvalue weighted by atomic mass is 9.81. The Morgan fingerprint density at radius 3 is 2.35 bits per heavy atom. The number of pyridine rings is 1. The lowest BCUT2D eigenvalue weighted by Crippen LogP contribution is -2.17. The van der Waals surface area contributed by atoms with Gasteiger partial charge in [-0.1, -0.05) is 34.6 Å². The molecule has 1 aliphatic rings. The zero-order valence-corrected chi connectivity index (χ0v) is 11.6. The molecule has 0 spiro atoms. The van der Waals surface area contributed by atoms with E-state index < -0.39 is 0 Å². The van der Waals surface area contributed by atoms with Gasteiger partial charge in [-0.05, 0) is 29.7 Å². The molecule has 0 radical (unpaired) electrons. The Morgan fingerprint density at radius 1 is 1.24 bits per heavy atom. The summed E-state index contributed by atoms with van der Waals surface area (Å²) in [5.74, 6) is 1.47. The third kappa shape index (κ3) is 2.80. The molecule has 2 nitrogen and oxygen atoms in total. The minimum atomic E-state index is 0.121. The molecule has 17 heavy (non-hydrogen) atoms. The molecular formula is C15H23NO. The molecule has 0 aromatic carbocycles. The van der Waals surface area contributed by atoms with Gasteiger partial charge in [0, 0.05) is 11.8 Å². The molecule has 1 heterocycles. The Labute approximate surface area is 104 Å². The molecule has 94 valence electrons. The summed E-state index contributed by atoms with van der Waals surface area (Å²) in [6.07, 6.45) is 6.69. The van der Waals surface area contributed by atoms with Crippen molar-refractivity contribution in [2.24, 2.45) is 0 Å². The van der Waals surface area contributed by atoms with Gasteiger partial charge in [-0.15, -0.1) is 0 Å². The topological polar surface area (TPSA) is 22.1 Å². The smallest absolute Gasteiger partial charge is 0.141 e. The predicted molar refractivity (Wildman–Crippen MR) is 70.7 cm³/mol. The first-order valence-electron chi connectivity index (χ1n) is 6.54. The van der Waals surface area contributed by atoms with Gasteiger partial charge in [-0.3, -0.25) is 4.98 Å². The molecule has 0 saturated heterocycles. The Kier molecular flexibility index (Phi) is 3.15. The van der Waals surface area contributed by atoms with E-state index in [-0.39, 0.29) is 5.41 Å². The van der Waals surface area contributed by atoms with Crippen LogP contribution in [0.1, 0.15) is 64.5 Å². The first-order chi connectivity index (χ1) is 7.89. The first kappa shape index (κ1) is 12.4. The SMILES string of the molecule is CC(C)c1c(OC2CC2)cncc1C(C)(C)C. The monoisotopic (exact) mass is 233 g/mol. The highest BCUT2D eigenvalue weighted by atomic mass is 16.5. The summed E-state index contributed by atoms with van der Waals surface area (Å²) in [4.78, 5) is 4.35. The summed E-state index contributed by atoms with van der Waals surface area (Å²) >= 11 is 0. The van der Waals surface area contributed by atoms with E-state index in [1.807, 2.05) is 12.4 Å². The molecule has 0 bridgehead atoms. The number of aromatic nitrogens is 1. The van der Waals surface area contributed by atoms with Crippen molar-refractivity contribution in [3.8, 4) is 5.75 Å². The molecule has 0 amide bonds. The Morgan fingerprint density at radius 2 is 1.88 bits per heavy atom. The van der Waals surface area contributed by atoms with E-state index in [9.17, 15) is 0 Å². The van der Waals surface area contributed by atoms with Gasteiger partial charge >= 0.3 is 0 Å². The number of hydrogen-bond donors (Lipinski definition) is 0. The summed E-state index contributed by atoms with van der Waals surface area (Å²) in [6.45, 7) is 11.2. The fourth-order valence-electron chi connectivity index (χ4n) is 2.10. The summed E-state index contributed by atoms with van der Waals surface area (Å²) in [5.41, 5.74) is 2.76. The van der Waals surface area contributed by atoms with Crippen molar-refractivity contribution in [1.82, 2.24) is 4.98 Å². The van der Waals surface area contributed by atoms with Crippen LogP contribution in [-0.4, -0.2) is 11.1 Å². The number of ether oxygens (including phenoxy) is 1. The first-order valence-corrected chi connectivity index (χ1v) is 6.54. The summed E-state index contributed by atoms with van der Waals surface area (Å²) < 4.78 is 5.99. The van der Waals surface area contributed by atoms with Crippen LogP contribution in [0.15, 0.2) is 12.4 Å². The Balaban J connectivity index is 2.44. The van der Waals surface area contributed by atoms with Crippen molar-refractivity contribution in [2.75, 3.05) is 0 Å². The zero-order chi connectivity index (χ0) is 12.6. The van der Waals surface area contributed by atoms with E-state index in [4.69, 9.17) is 4.74 Å². The molecule has 2 heteroatoms. The van der Waals surface area contributed by atoms with Crippen molar-refractivity contribution >= 4 is 0 Å². The van der Waals surface area contributed by atoms with Gasteiger partial charge in [-0.25, -0.2) is 0 Å². The summed E-state index contributed by atoms with van der Waals surface area (Å²) in [7, 11) is 0. The van der Waals surface area contributed by atoms with Crippen LogP contribution < -0.4 is 4.74 Å². The number of nitrogens with zero attached hydrogens (tertiary/aromatic N) is 1. The van der Waals surface area contributed by atoms with Crippen LogP contribution in [0.25, 0.3) is 0 Å². The Bertz CT molecular complexity index is 400. The highest BCUT2D eigenvalue weighted by Gasteiger charge is 2.28. The van der Waals surface area contributed by atoms with E-state index in [2.05, 4.69) is 39.6 Å². The van der Waals surface area contributed by atoms with E-state index >= 15 is 0 Å². The van der Waals surface area contributed by atoms with Gasteiger partial charge < -0.3 is 4.74 Å². The molecule has 0 N–H and O–H groups in total. The van der Waals surface area contributed by atoms with Gasteiger partial charge in [0.15, 0.2) is 0 Å². The molecule has 1 fully saturated rings. The molecule has 0 aliphatic heterocycles. The van der Waals surface area contributed by atoms with Crippen molar-refractivity contribution in [2.45, 2.75) is 64.9 Å². The highest BCUT2D eigenvalue weighted by Crippen LogP contribution is 2.38. The standard InChI is InChI=1S/C15H23NO/c1-10(2)14-12(15(3,4)5)8-16-9-13(14)17-11-6-7-11/h8-11H,6-7H2,1-5H3. The predicted octanol–water partition coefficient (Wildman–Crippen LogP) is 4.04. The van der Waals surface area contributed by atoms with Crippen LogP contribution in [-0.2, 0) is 5.41 Å². The third-order valence-corrected chi connectivity index (χ3v) is 3.15. The van der Waals surface area contributed by atoms with Crippen LogP contribution >= 0.6 is 0 Å². The van der Waals surface area contributed by atoms with Gasteiger partial charge in [0.05, 0.1) is 12.3 Å². The van der Waals surface area contributed by atoms with Crippen LogP contribution in [0.4, 0.5) is 0 Å². The van der Waals surface area contributed by atoms with E-state index in [1.165, 1.54) is 24.0 Å². The van der Waals surface area contributed by atoms with Crippen LogP contribution in [0.3, 0.4) is 0 Å². The maximum atomic E-state index is 5.99. The quantitative estimate of drug-likeness (QED) is 0.786. The molecule has 1 saturated carbocycles. The summed E-state index contributed by atoms with van der Waals surface area (Å²) in [5, 5.41) is 0. The van der Waals surface area contributed by atoms with Gasteiger partial charge in [0.1, 0.15) is 5.75 Å². The molecular weight excluding hydrogens is 210 g/mol.